The van der Waals surface area contributed by atoms with E-state index in [0.717, 1.165) is 28.6 Å². The number of nitrogens with two attached hydrogens (primary N) is 1. The van der Waals surface area contributed by atoms with Gasteiger partial charge in [0.25, 0.3) is 0 Å². The molecule has 1 unspecified atom stereocenters. The fraction of sp³-hybridized carbons (Fsp3) is 0.400. The Morgan fingerprint density at radius 1 is 1.26 bits per heavy atom. The van der Waals surface area contributed by atoms with Crippen LogP contribution in [0.3, 0.4) is 0 Å². The van der Waals surface area contributed by atoms with Crippen molar-refractivity contribution in [2.45, 2.75) is 45.6 Å². The highest BCUT2D eigenvalue weighted by atomic mass is 32.1. The first-order valence-corrected chi connectivity index (χ1v) is 10.1. The van der Waals surface area contributed by atoms with Crippen LogP contribution in [0.15, 0.2) is 24.5 Å². The zero-order valence-corrected chi connectivity index (χ0v) is 16.3. The molecular formula is C20H23N5OS. The van der Waals surface area contributed by atoms with E-state index in [-0.39, 0.29) is 11.8 Å². The Labute approximate surface area is 162 Å². The first kappa shape index (κ1) is 17.9. The third kappa shape index (κ3) is 3.39. The average molecular weight is 382 g/mol. The summed E-state index contributed by atoms with van der Waals surface area (Å²) in [5.74, 6) is 1.01. The average Bonchev–Trinajstić information content (AvgIpc) is 3.04. The van der Waals surface area contributed by atoms with Crippen LogP contribution in [-0.2, 0) is 17.6 Å². The monoisotopic (exact) mass is 381 g/mol. The molecule has 140 valence electrons. The van der Waals surface area contributed by atoms with Gasteiger partial charge in [-0.2, -0.15) is 0 Å². The Morgan fingerprint density at radius 3 is 2.78 bits per heavy atom. The van der Waals surface area contributed by atoms with Gasteiger partial charge in [-0.05, 0) is 49.3 Å². The number of hydrogen-bond donors (Lipinski definition) is 2. The number of carbonyl (C=O) groups excluding carboxylic acids is 1. The molecule has 3 aromatic heterocycles. The summed E-state index contributed by atoms with van der Waals surface area (Å²) in [5, 5.41) is 4.38. The minimum Gasteiger partial charge on any atom is -0.368 e. The second kappa shape index (κ2) is 7.23. The number of fused-ring (bicyclic) bond motifs is 3. The smallest absolute Gasteiger partial charge is 0.240 e. The molecule has 1 aliphatic rings. The minimum atomic E-state index is -0.482. The van der Waals surface area contributed by atoms with E-state index in [0.29, 0.717) is 11.6 Å². The number of nitrogens with one attached hydrogen (secondary N) is 1. The van der Waals surface area contributed by atoms with Crippen molar-refractivity contribution in [3.8, 4) is 11.4 Å². The van der Waals surface area contributed by atoms with E-state index in [2.05, 4.69) is 10.3 Å². The second-order valence-corrected chi connectivity index (χ2v) is 8.38. The van der Waals surface area contributed by atoms with E-state index in [1.807, 2.05) is 26.0 Å². The third-order valence-corrected chi connectivity index (χ3v) is 6.19. The standard InChI is InChI=1S/C20H23N5OS/c1-11(2)16(17(21)26)23-19-15-13-7-3-4-8-14(13)27-20(15)25-18(24-19)12-6-5-9-22-10-12/h5-6,9-11,16H,3-4,7-8H2,1-2H3,(H2,21,26)(H,23,24,25). The fourth-order valence-electron chi connectivity index (χ4n) is 3.60. The van der Waals surface area contributed by atoms with Gasteiger partial charge in [0.2, 0.25) is 5.91 Å². The quantitative estimate of drug-likeness (QED) is 0.705. The summed E-state index contributed by atoms with van der Waals surface area (Å²) in [5.41, 5.74) is 7.82. The molecule has 0 saturated heterocycles. The second-order valence-electron chi connectivity index (χ2n) is 7.30. The van der Waals surface area contributed by atoms with E-state index < -0.39 is 6.04 Å². The largest absolute Gasteiger partial charge is 0.368 e. The highest BCUT2D eigenvalue weighted by Crippen LogP contribution is 2.39. The van der Waals surface area contributed by atoms with Gasteiger partial charge in [-0.25, -0.2) is 9.97 Å². The number of thiophene rings is 1. The molecule has 1 aliphatic carbocycles. The Balaban J connectivity index is 1.90. The molecule has 3 aromatic rings. The lowest BCUT2D eigenvalue weighted by Crippen LogP contribution is -2.39. The van der Waals surface area contributed by atoms with Crippen LogP contribution >= 0.6 is 11.3 Å². The number of amides is 1. The first-order chi connectivity index (χ1) is 13.0. The third-order valence-electron chi connectivity index (χ3n) is 5.00. The van der Waals surface area contributed by atoms with E-state index >= 15 is 0 Å². The molecule has 6 nitrogen and oxygen atoms in total. The van der Waals surface area contributed by atoms with Gasteiger partial charge in [-0.15, -0.1) is 11.3 Å². The summed E-state index contributed by atoms with van der Waals surface area (Å²) in [4.78, 5) is 28.1. The fourth-order valence-corrected chi connectivity index (χ4v) is 4.86. The summed E-state index contributed by atoms with van der Waals surface area (Å²) in [6, 6.07) is 3.33. The van der Waals surface area contributed by atoms with E-state index in [4.69, 9.17) is 15.7 Å². The number of nitrogens with zero attached hydrogens (tertiary/aromatic N) is 3. The number of anilines is 1. The molecule has 0 bridgehead atoms. The summed E-state index contributed by atoms with van der Waals surface area (Å²) in [6.45, 7) is 3.96. The molecule has 1 amide bonds. The molecule has 0 aromatic carbocycles. The van der Waals surface area contributed by atoms with Crippen LogP contribution in [0.5, 0.6) is 0 Å². The van der Waals surface area contributed by atoms with Crippen molar-refractivity contribution in [1.82, 2.24) is 15.0 Å². The van der Waals surface area contributed by atoms with E-state index in [1.54, 1.807) is 23.7 Å². The molecular weight excluding hydrogens is 358 g/mol. The van der Waals surface area contributed by atoms with Gasteiger partial charge >= 0.3 is 0 Å². The molecule has 0 radical (unpaired) electrons. The number of carbonyl (C=O) groups is 1. The minimum absolute atomic E-state index is 0.0591. The van der Waals surface area contributed by atoms with Gasteiger partial charge in [-0.1, -0.05) is 13.8 Å². The van der Waals surface area contributed by atoms with Crippen molar-refractivity contribution in [2.75, 3.05) is 5.32 Å². The van der Waals surface area contributed by atoms with Crippen LogP contribution in [0.2, 0.25) is 0 Å². The van der Waals surface area contributed by atoms with Gasteiger partial charge in [-0.3, -0.25) is 9.78 Å². The molecule has 3 heterocycles. The van der Waals surface area contributed by atoms with Crippen molar-refractivity contribution in [3.05, 3.63) is 35.0 Å². The Hall–Kier alpha value is -2.54. The normalized spacial score (nSPS) is 14.9. The highest BCUT2D eigenvalue weighted by molar-refractivity contribution is 7.19. The number of rotatable bonds is 5. The van der Waals surface area contributed by atoms with Gasteiger partial charge in [0.1, 0.15) is 16.7 Å². The summed E-state index contributed by atoms with van der Waals surface area (Å²) < 4.78 is 0. The highest BCUT2D eigenvalue weighted by Gasteiger charge is 2.25. The SMILES string of the molecule is CC(C)C(Nc1nc(-c2cccnc2)nc2sc3c(c12)CCCC3)C(N)=O. The molecule has 27 heavy (non-hydrogen) atoms. The molecule has 1 atom stereocenters. The maximum Gasteiger partial charge on any atom is 0.240 e. The molecule has 4 rings (SSSR count). The number of aromatic nitrogens is 3. The van der Waals surface area contributed by atoms with Gasteiger partial charge in [0.15, 0.2) is 5.82 Å². The van der Waals surface area contributed by atoms with Crippen molar-refractivity contribution in [1.29, 1.82) is 0 Å². The van der Waals surface area contributed by atoms with Crippen LogP contribution < -0.4 is 11.1 Å². The van der Waals surface area contributed by atoms with Crippen molar-refractivity contribution in [2.24, 2.45) is 11.7 Å². The number of primary amides is 1. The van der Waals surface area contributed by atoms with Gasteiger partial charge < -0.3 is 11.1 Å². The molecule has 0 aliphatic heterocycles. The molecule has 3 N–H and O–H groups in total. The molecule has 0 spiro atoms. The lowest BCUT2D eigenvalue weighted by Gasteiger charge is -2.21. The van der Waals surface area contributed by atoms with Crippen LogP contribution in [0, 0.1) is 5.92 Å². The molecule has 0 saturated carbocycles. The van der Waals surface area contributed by atoms with E-state index in [9.17, 15) is 4.79 Å². The lowest BCUT2D eigenvalue weighted by molar-refractivity contribution is -0.119. The number of hydrogen-bond acceptors (Lipinski definition) is 6. The van der Waals surface area contributed by atoms with Crippen LogP contribution in [0.4, 0.5) is 5.82 Å². The summed E-state index contributed by atoms with van der Waals surface area (Å²) in [6.07, 6.45) is 7.98. The van der Waals surface area contributed by atoms with Crippen LogP contribution in [0.25, 0.3) is 21.6 Å². The Kier molecular flexibility index (Phi) is 4.78. The topological polar surface area (TPSA) is 93.8 Å². The predicted octanol–water partition coefficient (Wildman–Crippen LogP) is 3.55. The van der Waals surface area contributed by atoms with E-state index in [1.165, 1.54) is 23.3 Å². The Morgan fingerprint density at radius 2 is 2.07 bits per heavy atom. The lowest BCUT2D eigenvalue weighted by atomic mass is 9.96. The zero-order chi connectivity index (χ0) is 19.0. The Bertz CT molecular complexity index is 983. The number of aryl methyl sites for hydroxylation is 2. The van der Waals surface area contributed by atoms with Crippen LogP contribution in [-0.4, -0.2) is 26.9 Å². The zero-order valence-electron chi connectivity index (χ0n) is 15.5. The summed E-state index contributed by atoms with van der Waals surface area (Å²) in [7, 11) is 0. The number of pyridine rings is 1. The molecule has 7 heteroatoms. The maximum absolute atomic E-state index is 12.0. The van der Waals surface area contributed by atoms with Crippen molar-refractivity contribution in [3.63, 3.8) is 0 Å². The molecule has 0 fully saturated rings. The van der Waals surface area contributed by atoms with Gasteiger partial charge in [0.05, 0.1) is 5.39 Å². The van der Waals surface area contributed by atoms with Crippen molar-refractivity contribution >= 4 is 33.3 Å². The predicted molar refractivity (Wildman–Crippen MR) is 109 cm³/mol. The van der Waals surface area contributed by atoms with Crippen LogP contribution in [0.1, 0.15) is 37.1 Å². The van der Waals surface area contributed by atoms with Crippen molar-refractivity contribution < 1.29 is 4.79 Å². The maximum atomic E-state index is 12.0. The summed E-state index contributed by atoms with van der Waals surface area (Å²) >= 11 is 1.74. The van der Waals surface area contributed by atoms with Gasteiger partial charge in [0, 0.05) is 22.8 Å². The first-order valence-electron chi connectivity index (χ1n) is 9.33.